The van der Waals surface area contributed by atoms with Gasteiger partial charge in [-0.2, -0.15) is 0 Å². The standard InChI is InChI=1S/C18H8B2O2/c19-9-1-3-15-11(5-9)13-7-14-12-6-10(20)2-4-16(12)22-18(14)8-17(13)21-15/h1-8H. The summed E-state index contributed by atoms with van der Waals surface area (Å²) >= 11 is 0. The van der Waals surface area contributed by atoms with E-state index in [4.69, 9.17) is 24.5 Å². The summed E-state index contributed by atoms with van der Waals surface area (Å²) in [5, 5.41) is 4.07. The van der Waals surface area contributed by atoms with Crippen molar-refractivity contribution in [2.75, 3.05) is 0 Å². The van der Waals surface area contributed by atoms with Gasteiger partial charge in [-0.3, -0.25) is 0 Å². The highest BCUT2D eigenvalue weighted by Gasteiger charge is 2.13. The van der Waals surface area contributed by atoms with Crippen LogP contribution < -0.4 is 10.9 Å². The highest BCUT2D eigenvalue weighted by molar-refractivity contribution is 6.34. The molecule has 3 aromatic carbocycles. The molecule has 22 heavy (non-hydrogen) atoms. The molecule has 0 aliphatic carbocycles. The van der Waals surface area contributed by atoms with Gasteiger partial charge in [0.1, 0.15) is 38.0 Å². The van der Waals surface area contributed by atoms with Gasteiger partial charge in [0.25, 0.3) is 0 Å². The van der Waals surface area contributed by atoms with Gasteiger partial charge >= 0.3 is 0 Å². The fourth-order valence-electron chi connectivity index (χ4n) is 3.08. The van der Waals surface area contributed by atoms with Crippen molar-refractivity contribution in [3.05, 3.63) is 48.5 Å². The van der Waals surface area contributed by atoms with Crippen molar-refractivity contribution >= 4 is 70.5 Å². The molecule has 5 rings (SSSR count). The Morgan fingerprint density at radius 3 is 1.45 bits per heavy atom. The molecule has 0 amide bonds. The van der Waals surface area contributed by atoms with E-state index in [1.165, 1.54) is 0 Å². The molecule has 0 fully saturated rings. The van der Waals surface area contributed by atoms with Crippen LogP contribution in [0, 0.1) is 0 Å². The van der Waals surface area contributed by atoms with Gasteiger partial charge < -0.3 is 8.83 Å². The average molecular weight is 278 g/mol. The molecular formula is C18H8B2O2. The number of furan rings is 2. The van der Waals surface area contributed by atoms with Crippen molar-refractivity contribution in [1.82, 2.24) is 0 Å². The zero-order valence-electron chi connectivity index (χ0n) is 11.6. The Labute approximate surface area is 128 Å². The number of fused-ring (bicyclic) bond motifs is 6. The molecule has 4 heteroatoms. The molecule has 0 bridgehead atoms. The largest absolute Gasteiger partial charge is 0.456 e. The van der Waals surface area contributed by atoms with E-state index in [0.29, 0.717) is 0 Å². The summed E-state index contributed by atoms with van der Waals surface area (Å²) < 4.78 is 11.8. The van der Waals surface area contributed by atoms with Crippen LogP contribution >= 0.6 is 0 Å². The molecule has 0 spiro atoms. The lowest BCUT2D eigenvalue weighted by Gasteiger charge is -1.94. The third-order valence-corrected chi connectivity index (χ3v) is 4.11. The van der Waals surface area contributed by atoms with E-state index in [1.807, 2.05) is 42.5 Å². The normalized spacial score (nSPS) is 12.0. The maximum absolute atomic E-state index is 5.90. The summed E-state index contributed by atoms with van der Waals surface area (Å²) in [4.78, 5) is 0. The van der Waals surface area contributed by atoms with Gasteiger partial charge in [0.15, 0.2) is 0 Å². The van der Waals surface area contributed by atoms with Gasteiger partial charge in [0, 0.05) is 27.6 Å². The third-order valence-electron chi connectivity index (χ3n) is 4.11. The summed E-state index contributed by atoms with van der Waals surface area (Å²) in [7, 11) is 11.8. The lowest BCUT2D eigenvalue weighted by atomic mass is 9.93. The predicted molar refractivity (Wildman–Crippen MR) is 91.8 cm³/mol. The number of benzene rings is 3. The first-order valence-electron chi connectivity index (χ1n) is 7.02. The molecule has 4 radical (unpaired) electrons. The van der Waals surface area contributed by atoms with E-state index < -0.39 is 0 Å². The minimum absolute atomic E-state index is 0.719. The van der Waals surface area contributed by atoms with Crippen LogP contribution in [0.4, 0.5) is 0 Å². The summed E-state index contributed by atoms with van der Waals surface area (Å²) in [6.07, 6.45) is 0. The van der Waals surface area contributed by atoms with Crippen LogP contribution in [0.3, 0.4) is 0 Å². The van der Waals surface area contributed by atoms with Crippen LogP contribution in [-0.4, -0.2) is 15.7 Å². The SMILES string of the molecule is [B]c1ccc2oc3cc4oc5ccc([B])cc5c4cc3c2c1. The summed E-state index contributed by atoms with van der Waals surface area (Å²) in [5.74, 6) is 0. The predicted octanol–water partition coefficient (Wildman–Crippen LogP) is 3.07. The Morgan fingerprint density at radius 1 is 0.500 bits per heavy atom. The summed E-state index contributed by atoms with van der Waals surface area (Å²) in [6.45, 7) is 0. The first kappa shape index (κ1) is 12.0. The summed E-state index contributed by atoms with van der Waals surface area (Å²) in [5.41, 5.74) is 4.66. The first-order chi connectivity index (χ1) is 10.7. The van der Waals surface area contributed by atoms with Gasteiger partial charge in [-0.1, -0.05) is 35.2 Å². The monoisotopic (exact) mass is 278 g/mol. The van der Waals surface area contributed by atoms with Crippen LogP contribution in [0.15, 0.2) is 57.4 Å². The number of hydrogen-bond acceptors (Lipinski definition) is 2. The molecular weight excluding hydrogens is 270 g/mol. The van der Waals surface area contributed by atoms with Gasteiger partial charge in [-0.15, -0.1) is 0 Å². The maximum atomic E-state index is 5.90. The van der Waals surface area contributed by atoms with Crippen LogP contribution in [-0.2, 0) is 0 Å². The third kappa shape index (κ3) is 1.52. The molecule has 0 saturated carbocycles. The Hall–Kier alpha value is -2.61. The second-order valence-corrected chi connectivity index (χ2v) is 5.56. The topological polar surface area (TPSA) is 26.3 Å². The van der Waals surface area contributed by atoms with Crippen LogP contribution in [0.1, 0.15) is 0 Å². The molecule has 0 aliphatic rings. The highest BCUT2D eigenvalue weighted by Crippen LogP contribution is 2.35. The van der Waals surface area contributed by atoms with E-state index >= 15 is 0 Å². The highest BCUT2D eigenvalue weighted by atomic mass is 16.3. The van der Waals surface area contributed by atoms with E-state index in [0.717, 1.165) is 54.8 Å². The van der Waals surface area contributed by atoms with Gasteiger partial charge in [0.05, 0.1) is 0 Å². The molecule has 0 unspecified atom stereocenters. The fourth-order valence-corrected chi connectivity index (χ4v) is 3.08. The van der Waals surface area contributed by atoms with Crippen molar-refractivity contribution in [3.63, 3.8) is 0 Å². The van der Waals surface area contributed by atoms with E-state index in [9.17, 15) is 0 Å². The molecule has 0 atom stereocenters. The van der Waals surface area contributed by atoms with Crippen LogP contribution in [0.25, 0.3) is 43.9 Å². The molecule has 0 saturated heterocycles. The van der Waals surface area contributed by atoms with Gasteiger partial charge in [-0.25, -0.2) is 0 Å². The second kappa shape index (κ2) is 3.98. The maximum Gasteiger partial charge on any atom is 0.139 e. The Balaban J connectivity index is 2.00. The lowest BCUT2D eigenvalue weighted by molar-refractivity contribution is 0.656. The Bertz CT molecular complexity index is 1110. The minimum Gasteiger partial charge on any atom is -0.456 e. The molecule has 2 aromatic heterocycles. The van der Waals surface area contributed by atoms with Crippen molar-refractivity contribution in [2.45, 2.75) is 0 Å². The fraction of sp³-hybridized carbons (Fsp3) is 0. The Morgan fingerprint density at radius 2 is 0.955 bits per heavy atom. The molecule has 5 aromatic rings. The molecule has 0 aliphatic heterocycles. The first-order valence-corrected chi connectivity index (χ1v) is 7.02. The average Bonchev–Trinajstić information content (AvgIpc) is 3.02. The summed E-state index contributed by atoms with van der Waals surface area (Å²) in [6, 6.07) is 15.3. The van der Waals surface area contributed by atoms with Crippen molar-refractivity contribution in [3.8, 4) is 0 Å². The smallest absolute Gasteiger partial charge is 0.139 e. The minimum atomic E-state index is 0.719. The zero-order chi connectivity index (χ0) is 14.8. The van der Waals surface area contributed by atoms with E-state index in [1.54, 1.807) is 0 Å². The Kier molecular flexibility index (Phi) is 2.17. The van der Waals surface area contributed by atoms with Crippen LogP contribution in [0.2, 0.25) is 0 Å². The number of hydrogen-bond donors (Lipinski definition) is 0. The van der Waals surface area contributed by atoms with Crippen molar-refractivity contribution < 1.29 is 8.83 Å². The lowest BCUT2D eigenvalue weighted by Crippen LogP contribution is -1.98. The van der Waals surface area contributed by atoms with Crippen molar-refractivity contribution in [2.24, 2.45) is 0 Å². The van der Waals surface area contributed by atoms with Gasteiger partial charge in [-0.05, 0) is 18.2 Å². The van der Waals surface area contributed by atoms with E-state index in [-0.39, 0.29) is 0 Å². The second-order valence-electron chi connectivity index (χ2n) is 5.56. The van der Waals surface area contributed by atoms with Crippen LogP contribution in [0.5, 0.6) is 0 Å². The molecule has 2 heterocycles. The number of rotatable bonds is 0. The van der Waals surface area contributed by atoms with Gasteiger partial charge in [0.2, 0.25) is 0 Å². The zero-order valence-corrected chi connectivity index (χ0v) is 11.6. The van der Waals surface area contributed by atoms with Crippen molar-refractivity contribution in [1.29, 1.82) is 0 Å². The molecule has 98 valence electrons. The molecule has 0 N–H and O–H groups in total. The molecule has 2 nitrogen and oxygen atoms in total. The van der Waals surface area contributed by atoms with E-state index in [2.05, 4.69) is 6.07 Å². The quantitative estimate of drug-likeness (QED) is 0.407.